The van der Waals surface area contributed by atoms with Crippen molar-refractivity contribution < 1.29 is 14.7 Å². The fraction of sp³-hybridized carbons (Fsp3) is 0.333. The third-order valence-electron chi connectivity index (χ3n) is 3.50. The van der Waals surface area contributed by atoms with Crippen LogP contribution in [0.4, 0.5) is 5.82 Å². The number of rotatable bonds is 7. The van der Waals surface area contributed by atoms with E-state index in [1.807, 2.05) is 6.92 Å². The lowest BCUT2D eigenvalue weighted by molar-refractivity contribution is -0.107. The highest BCUT2D eigenvalue weighted by atomic mass is 16.4. The van der Waals surface area contributed by atoms with Gasteiger partial charge in [-0.05, 0) is 26.1 Å². The fourth-order valence-electron chi connectivity index (χ4n) is 2.26. The minimum absolute atomic E-state index is 0.218. The zero-order valence-electron chi connectivity index (χ0n) is 12.9. The van der Waals surface area contributed by atoms with Crippen LogP contribution in [0.2, 0.25) is 0 Å². The van der Waals surface area contributed by atoms with Gasteiger partial charge in [0.1, 0.15) is 17.0 Å². The number of hydrogen-bond acceptors (Lipinski definition) is 5. The van der Waals surface area contributed by atoms with E-state index in [1.54, 1.807) is 17.7 Å². The highest BCUT2D eigenvalue weighted by Gasteiger charge is 2.16. The monoisotopic (exact) mass is 318 g/mol. The molecule has 0 unspecified atom stereocenters. The number of carbonyl (C=O) groups is 2. The smallest absolute Gasteiger partial charge is 0.341 e. The largest absolute Gasteiger partial charge is 0.477 e. The Morgan fingerprint density at radius 3 is 2.78 bits per heavy atom. The van der Waals surface area contributed by atoms with Crippen molar-refractivity contribution in [2.45, 2.75) is 13.5 Å². The fourth-order valence-corrected chi connectivity index (χ4v) is 2.26. The van der Waals surface area contributed by atoms with E-state index >= 15 is 0 Å². The van der Waals surface area contributed by atoms with E-state index in [4.69, 9.17) is 5.11 Å². The van der Waals surface area contributed by atoms with Gasteiger partial charge in [-0.15, -0.1) is 0 Å². The molecule has 0 aliphatic heterocycles. The van der Waals surface area contributed by atoms with Gasteiger partial charge < -0.3 is 15.0 Å². The van der Waals surface area contributed by atoms with Gasteiger partial charge in [-0.2, -0.15) is 0 Å². The molecule has 0 saturated carbocycles. The standard InChI is InChI=1S/C15H18N4O4/c1-3-18-8-11(15(22)23)13(21)10-4-5-12(17-14(10)18)19(9-20)7-6-16-2/h4-5,8-9,16H,3,6-7H2,1-2H3,(H,22,23). The molecule has 122 valence electrons. The van der Waals surface area contributed by atoms with Crippen LogP contribution in [-0.2, 0) is 11.3 Å². The molecule has 0 spiro atoms. The molecule has 8 nitrogen and oxygen atoms in total. The molecule has 2 aromatic rings. The normalized spacial score (nSPS) is 10.7. The molecule has 2 N–H and O–H groups in total. The van der Waals surface area contributed by atoms with Crippen molar-refractivity contribution in [3.8, 4) is 0 Å². The van der Waals surface area contributed by atoms with E-state index in [2.05, 4.69) is 10.3 Å². The van der Waals surface area contributed by atoms with Gasteiger partial charge in [-0.3, -0.25) is 14.5 Å². The van der Waals surface area contributed by atoms with Gasteiger partial charge in [0, 0.05) is 25.8 Å². The van der Waals surface area contributed by atoms with Crippen molar-refractivity contribution in [3.05, 3.63) is 34.1 Å². The van der Waals surface area contributed by atoms with Crippen LogP contribution < -0.4 is 15.6 Å². The maximum absolute atomic E-state index is 12.2. The van der Waals surface area contributed by atoms with E-state index in [-0.39, 0.29) is 10.9 Å². The number of nitrogens with one attached hydrogen (secondary N) is 1. The summed E-state index contributed by atoms with van der Waals surface area (Å²) in [6.45, 7) is 3.30. The van der Waals surface area contributed by atoms with Crippen LogP contribution in [0.25, 0.3) is 11.0 Å². The van der Waals surface area contributed by atoms with E-state index in [9.17, 15) is 14.4 Å². The lowest BCUT2D eigenvalue weighted by Gasteiger charge is -2.17. The lowest BCUT2D eigenvalue weighted by Crippen LogP contribution is -2.30. The minimum atomic E-state index is -1.27. The van der Waals surface area contributed by atoms with Gasteiger partial charge in [-0.1, -0.05) is 0 Å². The van der Waals surface area contributed by atoms with Gasteiger partial charge in [0.05, 0.1) is 5.39 Å². The van der Waals surface area contributed by atoms with Crippen LogP contribution in [0.5, 0.6) is 0 Å². The Kier molecular flexibility index (Phi) is 5.07. The van der Waals surface area contributed by atoms with Crippen LogP contribution in [0.3, 0.4) is 0 Å². The topological polar surface area (TPSA) is 105 Å². The number of carbonyl (C=O) groups excluding carboxylic acids is 1. The van der Waals surface area contributed by atoms with Gasteiger partial charge in [0.2, 0.25) is 11.8 Å². The molecule has 0 atom stereocenters. The number of likely N-dealkylation sites (N-methyl/N-ethyl adjacent to an activating group) is 1. The number of carboxylic acids is 1. The first-order valence-electron chi connectivity index (χ1n) is 7.17. The molecule has 0 saturated heterocycles. The number of aromatic nitrogens is 2. The van der Waals surface area contributed by atoms with Gasteiger partial charge in [-0.25, -0.2) is 9.78 Å². The summed E-state index contributed by atoms with van der Waals surface area (Å²) in [5.74, 6) is -0.862. The number of aryl methyl sites for hydroxylation is 1. The molecule has 0 aromatic carbocycles. The van der Waals surface area contributed by atoms with Gasteiger partial charge >= 0.3 is 5.97 Å². The lowest BCUT2D eigenvalue weighted by atomic mass is 10.2. The highest BCUT2D eigenvalue weighted by molar-refractivity contribution is 5.92. The molecule has 1 amide bonds. The number of fused-ring (bicyclic) bond motifs is 1. The van der Waals surface area contributed by atoms with Crippen molar-refractivity contribution in [2.75, 3.05) is 25.0 Å². The minimum Gasteiger partial charge on any atom is -0.477 e. The zero-order valence-corrected chi connectivity index (χ0v) is 12.9. The molecule has 0 aliphatic rings. The Morgan fingerprint density at radius 2 is 2.22 bits per heavy atom. The summed E-state index contributed by atoms with van der Waals surface area (Å²) in [5, 5.41) is 12.3. The van der Waals surface area contributed by atoms with Gasteiger partial charge in [0.15, 0.2) is 0 Å². The Bertz CT molecular complexity index is 800. The van der Waals surface area contributed by atoms with Crippen molar-refractivity contribution in [2.24, 2.45) is 0 Å². The summed E-state index contributed by atoms with van der Waals surface area (Å²) in [7, 11) is 1.78. The Labute approximate surface area is 132 Å². The maximum atomic E-state index is 12.2. The summed E-state index contributed by atoms with van der Waals surface area (Å²) in [6.07, 6.45) is 1.95. The quantitative estimate of drug-likeness (QED) is 0.711. The second kappa shape index (κ2) is 7.01. The van der Waals surface area contributed by atoms with Crippen LogP contribution in [0.15, 0.2) is 23.1 Å². The molecule has 2 aromatic heterocycles. The average molecular weight is 318 g/mol. The molecule has 8 heteroatoms. The third-order valence-corrected chi connectivity index (χ3v) is 3.50. The van der Waals surface area contributed by atoms with Crippen LogP contribution in [0.1, 0.15) is 17.3 Å². The van der Waals surface area contributed by atoms with Gasteiger partial charge in [0.25, 0.3) is 0 Å². The first-order valence-corrected chi connectivity index (χ1v) is 7.17. The van der Waals surface area contributed by atoms with Crippen molar-refractivity contribution >= 4 is 29.2 Å². The SMILES string of the molecule is CCn1cc(C(=O)O)c(=O)c2ccc(N(C=O)CCNC)nc21. The molecular weight excluding hydrogens is 300 g/mol. The molecule has 2 heterocycles. The van der Waals surface area contributed by atoms with E-state index in [0.29, 0.717) is 37.5 Å². The summed E-state index contributed by atoms with van der Waals surface area (Å²) in [4.78, 5) is 40.4. The van der Waals surface area contributed by atoms with E-state index in [0.717, 1.165) is 0 Å². The Balaban J connectivity index is 2.63. The van der Waals surface area contributed by atoms with E-state index in [1.165, 1.54) is 17.2 Å². The molecule has 0 bridgehead atoms. The van der Waals surface area contributed by atoms with Crippen molar-refractivity contribution in [3.63, 3.8) is 0 Å². The second-order valence-corrected chi connectivity index (χ2v) is 4.91. The number of carboxylic acid groups (broad SMARTS) is 1. The number of amides is 1. The number of nitrogens with zero attached hydrogens (tertiary/aromatic N) is 3. The summed E-state index contributed by atoms with van der Waals surface area (Å²) in [6, 6.07) is 3.05. The van der Waals surface area contributed by atoms with Crippen molar-refractivity contribution in [1.82, 2.24) is 14.9 Å². The molecule has 2 rings (SSSR count). The molecule has 0 radical (unpaired) electrons. The van der Waals surface area contributed by atoms with Crippen LogP contribution in [0, 0.1) is 0 Å². The molecule has 23 heavy (non-hydrogen) atoms. The first-order chi connectivity index (χ1) is 11.0. The Hall–Kier alpha value is -2.74. The number of pyridine rings is 2. The van der Waals surface area contributed by atoms with Crippen LogP contribution in [-0.4, -0.2) is 47.2 Å². The average Bonchev–Trinajstić information content (AvgIpc) is 2.55. The first kappa shape index (κ1) is 16.6. The zero-order chi connectivity index (χ0) is 17.0. The van der Waals surface area contributed by atoms with Crippen LogP contribution >= 0.6 is 0 Å². The number of hydrogen-bond donors (Lipinski definition) is 2. The molecule has 0 fully saturated rings. The molecular formula is C15H18N4O4. The Morgan fingerprint density at radius 1 is 1.48 bits per heavy atom. The summed E-state index contributed by atoms with van der Waals surface area (Å²) >= 11 is 0. The third kappa shape index (κ3) is 3.21. The summed E-state index contributed by atoms with van der Waals surface area (Å²) < 4.78 is 1.59. The second-order valence-electron chi connectivity index (χ2n) is 4.91. The highest BCUT2D eigenvalue weighted by Crippen LogP contribution is 2.16. The van der Waals surface area contributed by atoms with E-state index < -0.39 is 11.4 Å². The number of anilines is 1. The molecule has 0 aliphatic carbocycles. The van der Waals surface area contributed by atoms with Crippen molar-refractivity contribution in [1.29, 1.82) is 0 Å². The predicted octanol–water partition coefficient (Wildman–Crippen LogP) is 0.297. The maximum Gasteiger partial charge on any atom is 0.341 e. The number of aromatic carboxylic acids is 1. The summed E-state index contributed by atoms with van der Waals surface area (Å²) in [5.41, 5.74) is -0.517. The predicted molar refractivity (Wildman–Crippen MR) is 86.0 cm³/mol.